The molecule has 7 rings (SSSR count). The lowest BCUT2D eigenvalue weighted by atomic mass is 9.75. The minimum Gasteiger partial charge on any atom is -0.335 e. The average Bonchev–Trinajstić information content (AvgIpc) is 3.64. The molecule has 1 N–H and O–H groups in total. The summed E-state index contributed by atoms with van der Waals surface area (Å²) in [6.07, 6.45) is 14.3. The summed E-state index contributed by atoms with van der Waals surface area (Å²) in [5.74, 6) is 0.780. The summed E-state index contributed by atoms with van der Waals surface area (Å²) < 4.78 is 53.6. The molecule has 44 heavy (non-hydrogen) atoms. The number of carbonyl (C=O) groups is 1. The summed E-state index contributed by atoms with van der Waals surface area (Å²) in [5, 5.41) is 9.96. The van der Waals surface area contributed by atoms with Gasteiger partial charge in [0.15, 0.2) is 5.01 Å². The van der Waals surface area contributed by atoms with Gasteiger partial charge in [0, 0.05) is 24.1 Å². The van der Waals surface area contributed by atoms with E-state index in [0.29, 0.717) is 56.1 Å². The van der Waals surface area contributed by atoms with Gasteiger partial charge in [-0.15, -0.1) is 11.3 Å². The van der Waals surface area contributed by atoms with E-state index in [2.05, 4.69) is 16.9 Å². The molecule has 0 unspecified atom stereocenters. The Morgan fingerprint density at radius 3 is 2.52 bits per heavy atom. The number of sulfonamides is 1. The van der Waals surface area contributed by atoms with E-state index in [1.54, 1.807) is 6.07 Å². The van der Waals surface area contributed by atoms with Gasteiger partial charge >= 0.3 is 0 Å². The molecule has 0 radical (unpaired) electrons. The number of likely N-dealkylation sites (tertiary alicyclic amines) is 1. The van der Waals surface area contributed by atoms with Crippen LogP contribution in [-0.2, 0) is 32.7 Å². The van der Waals surface area contributed by atoms with Gasteiger partial charge in [-0.2, -0.15) is 9.98 Å². The Morgan fingerprint density at radius 1 is 1.11 bits per heavy atom. The van der Waals surface area contributed by atoms with E-state index in [-0.39, 0.29) is 27.7 Å². The molecule has 2 saturated heterocycles. The van der Waals surface area contributed by atoms with Crippen molar-refractivity contribution in [2.75, 3.05) is 24.6 Å². The number of carbonyl (C=O) groups excluding carboxylic acids is 1. The maximum absolute atomic E-state index is 13.7. The summed E-state index contributed by atoms with van der Waals surface area (Å²) in [6.45, 7) is 1.13. The second-order valence-corrected chi connectivity index (χ2v) is 18.5. The van der Waals surface area contributed by atoms with Gasteiger partial charge in [0.25, 0.3) is 5.91 Å². The number of hydrogen-bond acceptors (Lipinski definition) is 8. The highest BCUT2D eigenvalue weighted by atomic mass is 32.2. The molecule has 0 bridgehead atoms. The highest BCUT2D eigenvalue weighted by Gasteiger charge is 2.49. The number of nitriles is 1. The van der Waals surface area contributed by atoms with E-state index in [9.17, 15) is 26.9 Å². The van der Waals surface area contributed by atoms with Gasteiger partial charge in [0.2, 0.25) is 10.0 Å². The van der Waals surface area contributed by atoms with Gasteiger partial charge in [-0.3, -0.25) is 4.79 Å². The fourth-order valence-corrected chi connectivity index (χ4v) is 11.9. The molecule has 2 aromatic rings. The van der Waals surface area contributed by atoms with Gasteiger partial charge in [-0.05, 0) is 68.1 Å². The van der Waals surface area contributed by atoms with Gasteiger partial charge in [0.1, 0.15) is 15.4 Å². The normalized spacial score (nSPS) is 23.5. The first kappa shape index (κ1) is 30.1. The molecule has 12 heteroatoms. The van der Waals surface area contributed by atoms with Crippen LogP contribution in [0.15, 0.2) is 23.1 Å². The van der Waals surface area contributed by atoms with Gasteiger partial charge in [-0.1, -0.05) is 50.3 Å². The number of allylic oxidation sites excluding steroid dienone is 1. The van der Waals surface area contributed by atoms with Crippen LogP contribution < -0.4 is 4.72 Å². The van der Waals surface area contributed by atoms with Crippen molar-refractivity contribution in [3.8, 4) is 16.5 Å². The molecule has 2 aliphatic heterocycles. The predicted octanol–water partition coefficient (Wildman–Crippen LogP) is 4.88. The molecule has 5 aliphatic rings. The predicted molar refractivity (Wildman–Crippen MR) is 169 cm³/mol. The van der Waals surface area contributed by atoms with Crippen LogP contribution >= 0.6 is 11.3 Å². The number of hydrogen-bond donors (Lipinski definition) is 1. The van der Waals surface area contributed by atoms with Crippen molar-refractivity contribution >= 4 is 43.2 Å². The fraction of sp³-hybridized carbons (Fsp3) is 0.594. The van der Waals surface area contributed by atoms with Crippen molar-refractivity contribution in [1.29, 1.82) is 5.26 Å². The third-order valence-corrected chi connectivity index (χ3v) is 14.7. The van der Waals surface area contributed by atoms with Crippen LogP contribution in [0.4, 0.5) is 0 Å². The molecule has 9 nitrogen and oxygen atoms in total. The van der Waals surface area contributed by atoms with E-state index in [1.165, 1.54) is 30.6 Å². The lowest BCUT2D eigenvalue weighted by Gasteiger charge is -2.51. The van der Waals surface area contributed by atoms with Crippen LogP contribution in [0.25, 0.3) is 16.5 Å². The molecule has 0 atom stereocenters. The topological polar surface area (TPSA) is 137 Å². The average molecular weight is 655 g/mol. The van der Waals surface area contributed by atoms with Crippen LogP contribution in [0.2, 0.25) is 0 Å². The first-order chi connectivity index (χ1) is 21.0. The monoisotopic (exact) mass is 654 g/mol. The fourth-order valence-electron chi connectivity index (χ4n) is 7.43. The number of aromatic nitrogens is 1. The number of nitrogens with one attached hydrogen (secondary N) is 1. The van der Waals surface area contributed by atoms with Gasteiger partial charge in [-0.25, -0.2) is 21.8 Å². The Labute approximate surface area is 263 Å². The van der Waals surface area contributed by atoms with Crippen molar-refractivity contribution in [1.82, 2.24) is 14.6 Å². The summed E-state index contributed by atoms with van der Waals surface area (Å²) in [4.78, 5) is 21.7. The Bertz CT molecular complexity index is 1770. The van der Waals surface area contributed by atoms with Gasteiger partial charge in [0.05, 0.1) is 33.0 Å². The van der Waals surface area contributed by atoms with E-state index in [4.69, 9.17) is 4.98 Å². The zero-order chi connectivity index (χ0) is 30.7. The molecular formula is C32H38N4O5S3. The summed E-state index contributed by atoms with van der Waals surface area (Å²) in [6, 6.07) is 5.63. The van der Waals surface area contributed by atoms with E-state index in [1.807, 2.05) is 17.0 Å². The number of benzene rings is 1. The minimum absolute atomic E-state index is 0.101. The SMILES string of the molecule is N#CC1(NS(=O)(=O)c2ccc(-c3sc(C(=O)N4CC5(CCS(=O)(=O)CC5)C4)nc3CC3CCCCC3)c3c2CCC=C3)CC1. The quantitative estimate of drug-likeness (QED) is 0.449. The van der Waals surface area contributed by atoms with Crippen LogP contribution in [0.5, 0.6) is 0 Å². The number of nitrogens with zero attached hydrogens (tertiary/aromatic N) is 3. The molecule has 1 aromatic carbocycles. The molecule has 234 valence electrons. The molecule has 2 saturated carbocycles. The Hall–Kier alpha value is -2.59. The first-order valence-corrected chi connectivity index (χ1v) is 19.9. The van der Waals surface area contributed by atoms with Gasteiger partial charge < -0.3 is 4.90 Å². The van der Waals surface area contributed by atoms with Crippen LogP contribution in [0.1, 0.15) is 90.8 Å². The van der Waals surface area contributed by atoms with Crippen LogP contribution in [0, 0.1) is 22.7 Å². The smallest absolute Gasteiger partial charge is 0.282 e. The number of amides is 1. The molecule has 1 aromatic heterocycles. The zero-order valence-electron chi connectivity index (χ0n) is 24.8. The maximum Gasteiger partial charge on any atom is 0.282 e. The Balaban J connectivity index is 1.22. The number of thiazole rings is 1. The highest BCUT2D eigenvalue weighted by Crippen LogP contribution is 2.45. The minimum atomic E-state index is -3.89. The van der Waals surface area contributed by atoms with E-state index >= 15 is 0 Å². The van der Waals surface area contributed by atoms with Crippen molar-refractivity contribution in [2.45, 2.75) is 87.5 Å². The van der Waals surface area contributed by atoms with Crippen LogP contribution in [-0.4, -0.2) is 62.8 Å². The summed E-state index contributed by atoms with van der Waals surface area (Å²) >= 11 is 1.39. The molecule has 4 fully saturated rings. The number of fused-ring (bicyclic) bond motifs is 1. The first-order valence-electron chi connectivity index (χ1n) is 15.8. The number of sulfone groups is 1. The molecule has 3 heterocycles. The highest BCUT2D eigenvalue weighted by molar-refractivity contribution is 7.91. The lowest BCUT2D eigenvalue weighted by molar-refractivity contribution is 0.000299. The van der Waals surface area contributed by atoms with E-state index < -0.39 is 25.4 Å². The standard InChI is InChI=1S/C32H38N4O5S3/c33-19-32(12-13-32)35-44(40,41)27-11-10-25(23-8-4-5-9-24(23)27)28-26(18-22-6-2-1-3-7-22)34-29(42-28)30(37)36-20-31(21-36)14-16-43(38,39)17-15-31/h4,8,10-11,22,35H,1-3,5-7,9,12-18,20-21H2. The molecular weight excluding hydrogens is 617 g/mol. The van der Waals surface area contributed by atoms with Crippen molar-refractivity contribution in [3.63, 3.8) is 0 Å². The summed E-state index contributed by atoms with van der Waals surface area (Å²) in [5.41, 5.74) is 2.29. The molecule has 1 spiro atoms. The molecule has 3 aliphatic carbocycles. The lowest BCUT2D eigenvalue weighted by Crippen LogP contribution is -2.60. The zero-order valence-corrected chi connectivity index (χ0v) is 27.3. The largest absolute Gasteiger partial charge is 0.335 e. The molecule has 1 amide bonds. The Morgan fingerprint density at radius 2 is 1.84 bits per heavy atom. The van der Waals surface area contributed by atoms with Crippen LogP contribution in [0.3, 0.4) is 0 Å². The van der Waals surface area contributed by atoms with Crippen molar-refractivity contribution in [3.05, 3.63) is 40.0 Å². The maximum atomic E-state index is 13.7. The summed E-state index contributed by atoms with van der Waals surface area (Å²) in [7, 11) is -6.86. The van der Waals surface area contributed by atoms with E-state index in [0.717, 1.165) is 52.9 Å². The third kappa shape index (κ3) is 5.65. The van der Waals surface area contributed by atoms with Crippen molar-refractivity contribution in [2.24, 2.45) is 11.3 Å². The number of rotatable bonds is 7. The second kappa shape index (κ2) is 11.0. The second-order valence-electron chi connectivity index (χ2n) is 13.6. The van der Waals surface area contributed by atoms with Crippen molar-refractivity contribution < 1.29 is 21.6 Å². The third-order valence-electron chi connectivity index (χ3n) is 10.3. The Kier molecular flexibility index (Phi) is 7.55.